The minimum absolute atomic E-state index is 0.455. The van der Waals surface area contributed by atoms with Crippen LogP contribution in [0.4, 0.5) is 0 Å². The van der Waals surface area contributed by atoms with Gasteiger partial charge in [-0.25, -0.2) is 0 Å². The molecular formula is C14H23N3. The Morgan fingerprint density at radius 3 is 2.65 bits per heavy atom. The van der Waals surface area contributed by atoms with Crippen molar-refractivity contribution >= 4 is 0 Å². The summed E-state index contributed by atoms with van der Waals surface area (Å²) in [5, 5.41) is 8.31. The van der Waals surface area contributed by atoms with E-state index in [2.05, 4.69) is 23.8 Å². The molecule has 1 saturated heterocycles. The zero-order chi connectivity index (χ0) is 11.9. The van der Waals surface area contributed by atoms with E-state index in [0.717, 1.165) is 13.0 Å². The van der Waals surface area contributed by atoms with Gasteiger partial charge in [-0.3, -0.25) is 4.68 Å². The van der Waals surface area contributed by atoms with E-state index in [1.165, 1.54) is 44.5 Å². The van der Waals surface area contributed by atoms with Gasteiger partial charge in [0.15, 0.2) is 0 Å². The lowest BCUT2D eigenvalue weighted by atomic mass is 9.76. The highest BCUT2D eigenvalue weighted by atomic mass is 15.3. The molecule has 3 rings (SSSR count). The van der Waals surface area contributed by atoms with Crippen LogP contribution in [0.25, 0.3) is 0 Å². The fraction of sp³-hybridized carbons (Fsp3) is 0.786. The molecule has 0 atom stereocenters. The number of nitrogens with zero attached hydrogens (tertiary/aromatic N) is 2. The number of aryl methyl sites for hydroxylation is 2. The normalized spacial score (nSPS) is 22.0. The van der Waals surface area contributed by atoms with Crippen LogP contribution in [0.3, 0.4) is 0 Å². The van der Waals surface area contributed by atoms with E-state index < -0.39 is 0 Å². The summed E-state index contributed by atoms with van der Waals surface area (Å²) < 4.78 is 2.30. The number of aromatic nitrogens is 2. The maximum absolute atomic E-state index is 4.81. The van der Waals surface area contributed by atoms with Crippen LogP contribution in [0.1, 0.15) is 50.1 Å². The summed E-state index contributed by atoms with van der Waals surface area (Å²) in [6.07, 6.45) is 6.31. The van der Waals surface area contributed by atoms with Crippen LogP contribution in [-0.2, 0) is 24.8 Å². The Hall–Kier alpha value is -0.830. The van der Waals surface area contributed by atoms with Crippen molar-refractivity contribution in [1.29, 1.82) is 0 Å². The van der Waals surface area contributed by atoms with Crippen molar-refractivity contribution in [2.24, 2.45) is 0 Å². The molecule has 1 fully saturated rings. The Balaban J connectivity index is 2.07. The Labute approximate surface area is 104 Å². The van der Waals surface area contributed by atoms with Crippen molar-refractivity contribution in [3.63, 3.8) is 0 Å². The number of piperidine rings is 1. The molecule has 3 heteroatoms. The zero-order valence-electron chi connectivity index (χ0n) is 11.1. The van der Waals surface area contributed by atoms with Crippen molar-refractivity contribution in [3.05, 3.63) is 17.0 Å². The third kappa shape index (κ3) is 1.55. The number of rotatable bonds is 2. The Morgan fingerprint density at radius 1 is 1.24 bits per heavy atom. The first-order chi connectivity index (χ1) is 8.30. The Morgan fingerprint density at radius 2 is 2.00 bits per heavy atom. The van der Waals surface area contributed by atoms with Gasteiger partial charge in [0.2, 0.25) is 0 Å². The van der Waals surface area contributed by atoms with Crippen molar-refractivity contribution in [3.8, 4) is 0 Å². The Bertz CT molecular complexity index is 413. The number of fused-ring (bicyclic) bond motifs is 2. The Kier molecular flexibility index (Phi) is 2.74. The zero-order valence-corrected chi connectivity index (χ0v) is 11.1. The molecule has 2 aliphatic rings. The number of hydrogen-bond acceptors (Lipinski definition) is 2. The predicted molar refractivity (Wildman–Crippen MR) is 69.4 cm³/mol. The van der Waals surface area contributed by atoms with Crippen LogP contribution >= 0.6 is 0 Å². The molecule has 1 N–H and O–H groups in total. The predicted octanol–water partition coefficient (Wildman–Crippen LogP) is 2.03. The lowest BCUT2D eigenvalue weighted by molar-refractivity contribution is 0.287. The summed E-state index contributed by atoms with van der Waals surface area (Å²) in [4.78, 5) is 0. The first-order valence-corrected chi connectivity index (χ1v) is 7.10. The van der Waals surface area contributed by atoms with E-state index in [4.69, 9.17) is 5.10 Å². The van der Waals surface area contributed by atoms with Gasteiger partial charge in [0.1, 0.15) is 0 Å². The smallest absolute Gasteiger partial charge is 0.0656 e. The van der Waals surface area contributed by atoms with Crippen molar-refractivity contribution in [1.82, 2.24) is 15.1 Å². The average Bonchev–Trinajstić information content (AvgIpc) is 2.90. The van der Waals surface area contributed by atoms with E-state index >= 15 is 0 Å². The largest absolute Gasteiger partial charge is 0.317 e. The molecule has 17 heavy (non-hydrogen) atoms. The molecule has 0 radical (unpaired) electrons. The maximum atomic E-state index is 4.81. The van der Waals surface area contributed by atoms with Gasteiger partial charge in [0, 0.05) is 17.7 Å². The van der Waals surface area contributed by atoms with E-state index in [1.54, 1.807) is 11.3 Å². The van der Waals surface area contributed by atoms with Gasteiger partial charge in [-0.15, -0.1) is 0 Å². The number of nitrogens with one attached hydrogen (secondary N) is 1. The second-order valence-corrected chi connectivity index (χ2v) is 5.47. The SMILES string of the molecule is CCc1nn(CC)c2c1CCC21CCNCC1. The molecule has 0 amide bonds. The summed E-state index contributed by atoms with van der Waals surface area (Å²) in [5.74, 6) is 0. The van der Waals surface area contributed by atoms with Crippen molar-refractivity contribution in [2.45, 2.75) is 57.9 Å². The molecule has 1 aliphatic heterocycles. The third-order valence-corrected chi connectivity index (χ3v) is 4.68. The minimum Gasteiger partial charge on any atom is -0.317 e. The van der Waals surface area contributed by atoms with Crippen LogP contribution in [0.15, 0.2) is 0 Å². The summed E-state index contributed by atoms with van der Waals surface area (Å²) in [5.41, 5.74) is 5.00. The molecule has 0 unspecified atom stereocenters. The van der Waals surface area contributed by atoms with Crippen LogP contribution in [0, 0.1) is 0 Å². The van der Waals surface area contributed by atoms with Gasteiger partial charge in [0.05, 0.1) is 5.69 Å². The monoisotopic (exact) mass is 233 g/mol. The molecule has 1 aromatic rings. The number of hydrogen-bond donors (Lipinski definition) is 1. The fourth-order valence-corrected chi connectivity index (χ4v) is 3.79. The first kappa shape index (κ1) is 11.3. The van der Waals surface area contributed by atoms with Crippen LogP contribution in [0.5, 0.6) is 0 Å². The van der Waals surface area contributed by atoms with Gasteiger partial charge in [-0.1, -0.05) is 6.92 Å². The van der Waals surface area contributed by atoms with E-state index in [0.29, 0.717) is 5.41 Å². The molecule has 94 valence electrons. The van der Waals surface area contributed by atoms with Gasteiger partial charge in [0.25, 0.3) is 0 Å². The second kappa shape index (κ2) is 4.13. The van der Waals surface area contributed by atoms with Crippen molar-refractivity contribution < 1.29 is 0 Å². The van der Waals surface area contributed by atoms with Gasteiger partial charge in [-0.05, 0) is 57.7 Å². The maximum Gasteiger partial charge on any atom is 0.0656 e. The van der Waals surface area contributed by atoms with Crippen molar-refractivity contribution in [2.75, 3.05) is 13.1 Å². The molecule has 0 aromatic carbocycles. The molecule has 0 saturated carbocycles. The summed E-state index contributed by atoms with van der Waals surface area (Å²) >= 11 is 0. The summed E-state index contributed by atoms with van der Waals surface area (Å²) in [7, 11) is 0. The van der Waals surface area contributed by atoms with Crippen LogP contribution < -0.4 is 5.32 Å². The molecular weight excluding hydrogens is 210 g/mol. The van der Waals surface area contributed by atoms with E-state index in [9.17, 15) is 0 Å². The molecule has 0 bridgehead atoms. The average molecular weight is 233 g/mol. The topological polar surface area (TPSA) is 29.9 Å². The van der Waals surface area contributed by atoms with Gasteiger partial charge in [-0.2, -0.15) is 5.10 Å². The highest BCUT2D eigenvalue weighted by Gasteiger charge is 2.43. The lowest BCUT2D eigenvalue weighted by Crippen LogP contribution is -2.39. The molecule has 1 aliphatic carbocycles. The van der Waals surface area contributed by atoms with Crippen LogP contribution in [-0.4, -0.2) is 22.9 Å². The van der Waals surface area contributed by atoms with E-state index in [-0.39, 0.29) is 0 Å². The van der Waals surface area contributed by atoms with Gasteiger partial charge >= 0.3 is 0 Å². The fourth-order valence-electron chi connectivity index (χ4n) is 3.79. The molecule has 1 aromatic heterocycles. The summed E-state index contributed by atoms with van der Waals surface area (Å²) in [6.45, 7) is 7.83. The van der Waals surface area contributed by atoms with Crippen LogP contribution in [0.2, 0.25) is 0 Å². The highest BCUT2D eigenvalue weighted by molar-refractivity contribution is 5.38. The molecule has 2 heterocycles. The first-order valence-electron chi connectivity index (χ1n) is 7.10. The summed E-state index contributed by atoms with van der Waals surface area (Å²) in [6, 6.07) is 0. The van der Waals surface area contributed by atoms with E-state index in [1.807, 2.05) is 0 Å². The highest BCUT2D eigenvalue weighted by Crippen LogP contribution is 2.46. The standard InChI is InChI=1S/C14H23N3/c1-3-12-11-5-6-14(7-9-15-10-8-14)13(11)17(4-2)16-12/h15H,3-10H2,1-2H3. The quantitative estimate of drug-likeness (QED) is 0.847. The minimum atomic E-state index is 0.455. The second-order valence-electron chi connectivity index (χ2n) is 5.47. The molecule has 1 spiro atoms. The molecule has 3 nitrogen and oxygen atoms in total. The third-order valence-electron chi connectivity index (χ3n) is 4.68. The lowest BCUT2D eigenvalue weighted by Gasteiger charge is -2.35. The van der Waals surface area contributed by atoms with Gasteiger partial charge < -0.3 is 5.32 Å².